The van der Waals surface area contributed by atoms with Crippen molar-refractivity contribution in [3.63, 3.8) is 0 Å². The number of rotatable bonds is 0. The summed E-state index contributed by atoms with van der Waals surface area (Å²) in [5.41, 5.74) is 0. The van der Waals surface area contributed by atoms with Crippen LogP contribution in [0, 0.1) is 8.70 Å². The fraction of sp³-hybridized carbons (Fsp3) is 0. The van der Waals surface area contributed by atoms with Gasteiger partial charge in [-0.25, -0.2) is 0 Å². The van der Waals surface area contributed by atoms with Gasteiger partial charge in [-0.05, 0) is 46.2 Å². The zero-order valence-corrected chi connectivity index (χ0v) is 9.50. The monoisotopic (exact) mass is 312 g/mol. The highest BCUT2D eigenvalue weighted by Gasteiger charge is 2.04. The molecule has 0 aliphatic carbocycles. The lowest BCUT2D eigenvalue weighted by molar-refractivity contribution is 0.658. The quantitative estimate of drug-likeness (QED) is 0.636. The molecule has 0 atom stereocenters. The molecule has 0 aliphatic rings. The Balaban J connectivity index is 2.83. The first-order chi connectivity index (χ1) is 5.66. The molecule has 1 aromatic heterocycles. The molecule has 0 amide bonds. The highest BCUT2D eigenvalue weighted by molar-refractivity contribution is 14.1. The van der Waals surface area contributed by atoms with E-state index in [1.165, 1.54) is 6.07 Å². The van der Waals surface area contributed by atoms with Gasteiger partial charge in [0.2, 0.25) is 0 Å². The van der Waals surface area contributed by atoms with Crippen molar-refractivity contribution in [2.24, 2.45) is 0 Å². The Kier molecular flexibility index (Phi) is 2.27. The van der Waals surface area contributed by atoms with Gasteiger partial charge in [-0.15, -0.1) is 11.3 Å². The molecule has 12 heavy (non-hydrogen) atoms. The van der Waals surface area contributed by atoms with Gasteiger partial charge in [0.05, 0.1) is 5.02 Å². The zero-order chi connectivity index (χ0) is 8.72. The summed E-state index contributed by atoms with van der Waals surface area (Å²) in [6.45, 7) is 0. The molecule has 4 heteroatoms. The molecule has 2 rings (SSSR count). The van der Waals surface area contributed by atoms with Crippen LogP contribution in [0.3, 0.4) is 0 Å². The minimum Gasteiger partial charge on any atom is -0.195 e. The predicted molar refractivity (Wildman–Crippen MR) is 59.5 cm³/mol. The first-order valence-corrected chi connectivity index (χ1v) is 5.48. The lowest BCUT2D eigenvalue weighted by Crippen LogP contribution is -1.71. The van der Waals surface area contributed by atoms with E-state index in [-0.39, 0.29) is 5.13 Å². The third-order valence-corrected chi connectivity index (χ3v) is 3.94. The van der Waals surface area contributed by atoms with Crippen molar-refractivity contribution in [3.8, 4) is 0 Å². The molecule has 0 radical (unpaired) electrons. The number of fused-ring (bicyclic) bond motifs is 1. The van der Waals surface area contributed by atoms with Gasteiger partial charge in [-0.2, -0.15) is 4.39 Å². The second kappa shape index (κ2) is 3.12. The molecule has 0 bridgehead atoms. The first-order valence-electron chi connectivity index (χ1n) is 3.21. The Morgan fingerprint density at radius 1 is 1.33 bits per heavy atom. The van der Waals surface area contributed by atoms with E-state index in [9.17, 15) is 4.39 Å². The van der Waals surface area contributed by atoms with Gasteiger partial charge in [-0.3, -0.25) is 0 Å². The van der Waals surface area contributed by atoms with Gasteiger partial charge in [0.25, 0.3) is 0 Å². The van der Waals surface area contributed by atoms with Crippen LogP contribution in [0.25, 0.3) is 10.1 Å². The van der Waals surface area contributed by atoms with Crippen LogP contribution in [-0.4, -0.2) is 0 Å². The molecule has 62 valence electrons. The van der Waals surface area contributed by atoms with E-state index >= 15 is 0 Å². The summed E-state index contributed by atoms with van der Waals surface area (Å²) < 4.78 is 14.6. The van der Waals surface area contributed by atoms with Crippen LogP contribution in [0.4, 0.5) is 4.39 Å². The second-order valence-electron chi connectivity index (χ2n) is 2.35. The number of halogens is 3. The van der Waals surface area contributed by atoms with E-state index < -0.39 is 0 Å². The number of benzene rings is 1. The largest absolute Gasteiger partial charge is 0.195 e. The Labute approximate surface area is 91.5 Å². The van der Waals surface area contributed by atoms with E-state index in [4.69, 9.17) is 11.6 Å². The van der Waals surface area contributed by atoms with Gasteiger partial charge in [0.15, 0.2) is 5.13 Å². The summed E-state index contributed by atoms with van der Waals surface area (Å²) >= 11 is 9.13. The fourth-order valence-corrected chi connectivity index (χ4v) is 2.53. The molecule has 0 spiro atoms. The summed E-state index contributed by atoms with van der Waals surface area (Å²) in [5, 5.41) is 1.44. The standard InChI is InChI=1S/C8H3ClFIS/c9-5-3-7-4(1-6(5)11)2-8(10)12-7/h1-3H. The van der Waals surface area contributed by atoms with Gasteiger partial charge in [0.1, 0.15) is 0 Å². The smallest absolute Gasteiger partial charge is 0.177 e. The molecule has 0 saturated heterocycles. The highest BCUT2D eigenvalue weighted by Crippen LogP contribution is 2.30. The number of hydrogen-bond acceptors (Lipinski definition) is 1. The van der Waals surface area contributed by atoms with Crippen LogP contribution in [0.2, 0.25) is 5.02 Å². The van der Waals surface area contributed by atoms with Crippen LogP contribution in [0.15, 0.2) is 18.2 Å². The van der Waals surface area contributed by atoms with Crippen molar-refractivity contribution in [2.45, 2.75) is 0 Å². The normalized spacial score (nSPS) is 10.9. The van der Waals surface area contributed by atoms with E-state index in [0.717, 1.165) is 25.0 Å². The summed E-state index contributed by atoms with van der Waals surface area (Å²) in [5.74, 6) is 0. The lowest BCUT2D eigenvalue weighted by atomic mass is 10.3. The number of thiophene rings is 1. The molecule has 0 saturated carbocycles. The van der Waals surface area contributed by atoms with Gasteiger partial charge in [-0.1, -0.05) is 11.6 Å². The molecule has 0 unspecified atom stereocenters. The Bertz CT molecular complexity index is 399. The predicted octanol–water partition coefficient (Wildman–Crippen LogP) is 4.30. The SMILES string of the molecule is Fc1cc2cc(I)c(Cl)cc2s1. The van der Waals surface area contributed by atoms with Crippen molar-refractivity contribution < 1.29 is 4.39 Å². The molecule has 1 aromatic carbocycles. The molecule has 2 aromatic rings. The van der Waals surface area contributed by atoms with Crippen molar-refractivity contribution in [1.29, 1.82) is 0 Å². The Morgan fingerprint density at radius 2 is 2.08 bits per heavy atom. The molecule has 0 fully saturated rings. The Morgan fingerprint density at radius 3 is 2.83 bits per heavy atom. The molecule has 0 N–H and O–H groups in total. The third kappa shape index (κ3) is 1.45. The average Bonchev–Trinajstić information content (AvgIpc) is 2.30. The van der Waals surface area contributed by atoms with E-state index in [1.807, 2.05) is 6.07 Å². The van der Waals surface area contributed by atoms with Gasteiger partial charge < -0.3 is 0 Å². The zero-order valence-electron chi connectivity index (χ0n) is 5.77. The van der Waals surface area contributed by atoms with E-state index in [2.05, 4.69) is 22.6 Å². The molecule has 0 aliphatic heterocycles. The van der Waals surface area contributed by atoms with Gasteiger partial charge in [0, 0.05) is 8.27 Å². The fourth-order valence-electron chi connectivity index (χ4n) is 1.00. The maximum Gasteiger partial charge on any atom is 0.177 e. The minimum absolute atomic E-state index is 0.164. The summed E-state index contributed by atoms with van der Waals surface area (Å²) in [6, 6.07) is 5.21. The maximum absolute atomic E-state index is 12.8. The maximum atomic E-state index is 12.8. The minimum atomic E-state index is -0.164. The average molecular weight is 313 g/mol. The second-order valence-corrected chi connectivity index (χ2v) is 4.96. The van der Waals surface area contributed by atoms with Crippen molar-refractivity contribution >= 4 is 55.6 Å². The van der Waals surface area contributed by atoms with Gasteiger partial charge >= 0.3 is 0 Å². The third-order valence-electron chi connectivity index (χ3n) is 1.53. The lowest BCUT2D eigenvalue weighted by Gasteiger charge is -1.94. The van der Waals surface area contributed by atoms with E-state index in [0.29, 0.717) is 5.02 Å². The first kappa shape index (κ1) is 8.72. The molecule has 1 heterocycles. The molecule has 0 nitrogen and oxygen atoms in total. The van der Waals surface area contributed by atoms with Crippen LogP contribution in [0.5, 0.6) is 0 Å². The topological polar surface area (TPSA) is 0 Å². The summed E-state index contributed by atoms with van der Waals surface area (Å²) in [4.78, 5) is 0. The molecular formula is C8H3ClFIS. The highest BCUT2D eigenvalue weighted by atomic mass is 127. The Hall–Kier alpha value is 0.130. The summed E-state index contributed by atoms with van der Waals surface area (Å²) in [6.07, 6.45) is 0. The van der Waals surface area contributed by atoms with Crippen molar-refractivity contribution in [2.75, 3.05) is 0 Å². The van der Waals surface area contributed by atoms with Crippen LogP contribution in [-0.2, 0) is 0 Å². The molecular weight excluding hydrogens is 310 g/mol. The van der Waals surface area contributed by atoms with Crippen molar-refractivity contribution in [1.82, 2.24) is 0 Å². The van der Waals surface area contributed by atoms with Crippen LogP contribution < -0.4 is 0 Å². The van der Waals surface area contributed by atoms with Crippen LogP contribution >= 0.6 is 45.5 Å². The van der Waals surface area contributed by atoms with Crippen molar-refractivity contribution in [3.05, 3.63) is 31.9 Å². The number of hydrogen-bond donors (Lipinski definition) is 0. The van der Waals surface area contributed by atoms with E-state index in [1.54, 1.807) is 6.07 Å². The summed E-state index contributed by atoms with van der Waals surface area (Å²) in [7, 11) is 0. The van der Waals surface area contributed by atoms with Crippen LogP contribution in [0.1, 0.15) is 0 Å².